The number of nitrogens with two attached hydrogens (primary N) is 1. The van der Waals surface area contributed by atoms with Crippen LogP contribution in [0.3, 0.4) is 0 Å². The van der Waals surface area contributed by atoms with Crippen molar-refractivity contribution in [2.45, 2.75) is 31.8 Å². The first-order chi connectivity index (χ1) is 9.76. The van der Waals surface area contributed by atoms with Gasteiger partial charge in [0.1, 0.15) is 5.01 Å². The van der Waals surface area contributed by atoms with Crippen LogP contribution in [0.1, 0.15) is 45.4 Å². The van der Waals surface area contributed by atoms with Crippen molar-refractivity contribution in [2.24, 2.45) is 5.73 Å². The summed E-state index contributed by atoms with van der Waals surface area (Å²) in [6.07, 6.45) is 2.51. The molecule has 104 valence electrons. The molecule has 3 rings (SSSR count). The van der Waals surface area contributed by atoms with E-state index < -0.39 is 0 Å². The number of nitrogens with one attached hydrogen (secondary N) is 1. The summed E-state index contributed by atoms with van der Waals surface area (Å²) < 4.78 is 0. The number of nitrogens with zero attached hydrogens (tertiary/aromatic N) is 1. The Labute approximate surface area is 122 Å². The lowest BCUT2D eigenvalue weighted by molar-refractivity contribution is 0.0951. The van der Waals surface area contributed by atoms with E-state index in [0.29, 0.717) is 24.6 Å². The van der Waals surface area contributed by atoms with Crippen molar-refractivity contribution in [3.63, 3.8) is 0 Å². The fraction of sp³-hybridized carbons (Fsp3) is 0.333. The van der Waals surface area contributed by atoms with E-state index in [1.54, 1.807) is 23.5 Å². The number of carbonyl (C=O) groups excluding carboxylic acids is 1. The first-order valence-corrected chi connectivity index (χ1v) is 7.65. The van der Waals surface area contributed by atoms with E-state index in [-0.39, 0.29) is 5.91 Å². The van der Waals surface area contributed by atoms with Gasteiger partial charge in [-0.3, -0.25) is 4.79 Å². The quantitative estimate of drug-likeness (QED) is 0.887. The average Bonchev–Trinajstić information content (AvgIpc) is 3.24. The maximum atomic E-state index is 12.0. The first kappa shape index (κ1) is 13.3. The topological polar surface area (TPSA) is 68.0 Å². The van der Waals surface area contributed by atoms with Crippen molar-refractivity contribution in [1.82, 2.24) is 10.3 Å². The monoisotopic (exact) mass is 287 g/mol. The number of benzene rings is 1. The highest BCUT2D eigenvalue weighted by atomic mass is 32.1. The van der Waals surface area contributed by atoms with E-state index >= 15 is 0 Å². The van der Waals surface area contributed by atoms with Gasteiger partial charge in [0.15, 0.2) is 0 Å². The zero-order chi connectivity index (χ0) is 13.9. The van der Waals surface area contributed by atoms with Crippen molar-refractivity contribution in [2.75, 3.05) is 0 Å². The Hall–Kier alpha value is -1.72. The van der Waals surface area contributed by atoms with Gasteiger partial charge in [-0.15, -0.1) is 11.3 Å². The van der Waals surface area contributed by atoms with Crippen molar-refractivity contribution >= 4 is 17.2 Å². The molecule has 0 saturated heterocycles. The molecule has 0 aliphatic heterocycles. The zero-order valence-electron chi connectivity index (χ0n) is 11.1. The molecule has 1 fully saturated rings. The molecule has 0 bridgehead atoms. The largest absolute Gasteiger partial charge is 0.346 e. The second-order valence-electron chi connectivity index (χ2n) is 5.02. The van der Waals surface area contributed by atoms with Crippen LogP contribution in [0.4, 0.5) is 0 Å². The molecule has 1 heterocycles. The van der Waals surface area contributed by atoms with Crippen LogP contribution in [-0.2, 0) is 13.1 Å². The SMILES string of the molecule is NCc1ccc(C(=O)NCc2nc(C3CC3)cs2)cc1. The summed E-state index contributed by atoms with van der Waals surface area (Å²) in [5, 5.41) is 5.98. The van der Waals surface area contributed by atoms with E-state index in [1.807, 2.05) is 12.1 Å². The van der Waals surface area contributed by atoms with Gasteiger partial charge in [0.05, 0.1) is 12.2 Å². The molecule has 1 amide bonds. The van der Waals surface area contributed by atoms with Crippen LogP contribution >= 0.6 is 11.3 Å². The molecule has 1 aromatic heterocycles. The summed E-state index contributed by atoms with van der Waals surface area (Å²) >= 11 is 1.62. The molecule has 0 spiro atoms. The van der Waals surface area contributed by atoms with Crippen LogP contribution in [0.5, 0.6) is 0 Å². The second-order valence-corrected chi connectivity index (χ2v) is 5.97. The third-order valence-electron chi connectivity index (χ3n) is 3.42. The van der Waals surface area contributed by atoms with E-state index in [9.17, 15) is 4.79 Å². The van der Waals surface area contributed by atoms with Crippen molar-refractivity contribution in [3.05, 3.63) is 51.5 Å². The number of rotatable bonds is 5. The van der Waals surface area contributed by atoms with Crippen molar-refractivity contribution < 1.29 is 4.79 Å². The van der Waals surface area contributed by atoms with Gasteiger partial charge < -0.3 is 11.1 Å². The molecule has 4 nitrogen and oxygen atoms in total. The Morgan fingerprint density at radius 2 is 2.10 bits per heavy atom. The van der Waals surface area contributed by atoms with Gasteiger partial charge in [-0.25, -0.2) is 4.98 Å². The molecule has 5 heteroatoms. The normalized spacial score (nSPS) is 14.2. The highest BCUT2D eigenvalue weighted by Crippen LogP contribution is 2.40. The highest BCUT2D eigenvalue weighted by molar-refractivity contribution is 7.09. The molecule has 1 aromatic carbocycles. The molecule has 0 radical (unpaired) electrons. The fourth-order valence-electron chi connectivity index (χ4n) is 2.02. The Morgan fingerprint density at radius 1 is 1.35 bits per heavy atom. The predicted octanol–water partition coefficient (Wildman–Crippen LogP) is 2.41. The summed E-state index contributed by atoms with van der Waals surface area (Å²) in [6.45, 7) is 0.986. The van der Waals surface area contributed by atoms with Crippen LogP contribution in [0.15, 0.2) is 29.6 Å². The summed E-state index contributed by atoms with van der Waals surface area (Å²) in [4.78, 5) is 16.6. The van der Waals surface area contributed by atoms with Gasteiger partial charge in [0, 0.05) is 23.4 Å². The third-order valence-corrected chi connectivity index (χ3v) is 4.28. The van der Waals surface area contributed by atoms with E-state index in [1.165, 1.54) is 18.5 Å². The lowest BCUT2D eigenvalue weighted by atomic mass is 10.1. The van der Waals surface area contributed by atoms with Gasteiger partial charge in [0.25, 0.3) is 5.91 Å². The molecule has 1 saturated carbocycles. The molecule has 1 aliphatic rings. The Kier molecular flexibility index (Phi) is 3.80. The van der Waals surface area contributed by atoms with Gasteiger partial charge >= 0.3 is 0 Å². The average molecular weight is 287 g/mol. The van der Waals surface area contributed by atoms with Crippen LogP contribution in [0.2, 0.25) is 0 Å². The number of thiazole rings is 1. The first-order valence-electron chi connectivity index (χ1n) is 6.78. The van der Waals surface area contributed by atoms with Crippen LogP contribution in [-0.4, -0.2) is 10.9 Å². The lowest BCUT2D eigenvalue weighted by Gasteiger charge is -2.04. The van der Waals surface area contributed by atoms with E-state index in [4.69, 9.17) is 5.73 Å². The standard InChI is InChI=1S/C15H17N3OS/c16-7-10-1-3-12(4-2-10)15(19)17-8-14-18-13(9-20-14)11-5-6-11/h1-4,9,11H,5-8,16H2,(H,17,19). The Bertz CT molecular complexity index is 602. The molecule has 1 aliphatic carbocycles. The minimum absolute atomic E-state index is 0.0725. The minimum Gasteiger partial charge on any atom is -0.346 e. The summed E-state index contributed by atoms with van der Waals surface area (Å²) in [5.41, 5.74) is 8.40. The molecule has 0 unspecified atom stereocenters. The Morgan fingerprint density at radius 3 is 2.75 bits per heavy atom. The van der Waals surface area contributed by atoms with Gasteiger partial charge in [0.2, 0.25) is 0 Å². The maximum Gasteiger partial charge on any atom is 0.251 e. The fourth-order valence-corrected chi connectivity index (χ4v) is 2.84. The highest BCUT2D eigenvalue weighted by Gasteiger charge is 2.25. The summed E-state index contributed by atoms with van der Waals surface area (Å²) in [7, 11) is 0. The Balaban J connectivity index is 1.57. The maximum absolute atomic E-state index is 12.0. The number of hydrogen-bond donors (Lipinski definition) is 2. The molecule has 20 heavy (non-hydrogen) atoms. The van der Waals surface area contributed by atoms with E-state index in [2.05, 4.69) is 15.7 Å². The molecular weight excluding hydrogens is 270 g/mol. The van der Waals surface area contributed by atoms with Crippen LogP contribution in [0, 0.1) is 0 Å². The predicted molar refractivity (Wildman–Crippen MR) is 79.6 cm³/mol. The molecule has 2 aromatic rings. The van der Waals surface area contributed by atoms with Gasteiger partial charge in [-0.05, 0) is 30.5 Å². The summed E-state index contributed by atoms with van der Waals surface area (Å²) in [5.74, 6) is 0.594. The van der Waals surface area contributed by atoms with E-state index in [0.717, 1.165) is 10.6 Å². The van der Waals surface area contributed by atoms with Crippen molar-refractivity contribution in [3.8, 4) is 0 Å². The van der Waals surface area contributed by atoms with Gasteiger partial charge in [-0.2, -0.15) is 0 Å². The van der Waals surface area contributed by atoms with Crippen LogP contribution in [0.25, 0.3) is 0 Å². The molecular formula is C15H17N3OS. The summed E-state index contributed by atoms with van der Waals surface area (Å²) in [6, 6.07) is 7.36. The molecule has 3 N–H and O–H groups in total. The minimum atomic E-state index is -0.0725. The zero-order valence-corrected chi connectivity index (χ0v) is 12.0. The number of hydrogen-bond acceptors (Lipinski definition) is 4. The third kappa shape index (κ3) is 3.05. The second kappa shape index (κ2) is 5.73. The molecule has 0 atom stereocenters. The smallest absolute Gasteiger partial charge is 0.251 e. The van der Waals surface area contributed by atoms with Gasteiger partial charge in [-0.1, -0.05) is 12.1 Å². The van der Waals surface area contributed by atoms with Crippen LogP contribution < -0.4 is 11.1 Å². The lowest BCUT2D eigenvalue weighted by Crippen LogP contribution is -2.22. The number of amides is 1. The number of carbonyl (C=O) groups is 1. The number of aromatic nitrogens is 1. The van der Waals surface area contributed by atoms with Crippen molar-refractivity contribution in [1.29, 1.82) is 0 Å².